The number of hydrogen-bond acceptors (Lipinski definition) is 8. The first kappa shape index (κ1) is 37.9. The molecule has 0 aliphatic carbocycles. The van der Waals surface area contributed by atoms with E-state index in [0.717, 1.165) is 36.4 Å². The van der Waals surface area contributed by atoms with Crippen LogP contribution in [0.1, 0.15) is 51.1 Å². The number of ether oxygens (including phenoxy) is 2. The molecule has 0 aromatic heterocycles. The van der Waals surface area contributed by atoms with Crippen molar-refractivity contribution >= 4 is 34.8 Å². The van der Waals surface area contributed by atoms with Crippen LogP contribution in [0, 0.1) is 0 Å². The molecule has 0 unspecified atom stereocenters. The molecular weight excluding hydrogens is 626 g/mol. The molecule has 2 aromatic carbocycles. The first-order valence-electron chi connectivity index (χ1n) is 13.5. The Morgan fingerprint density at radius 2 is 1.22 bits per heavy atom. The van der Waals surface area contributed by atoms with E-state index in [-0.39, 0.29) is 59.5 Å². The van der Waals surface area contributed by atoms with Gasteiger partial charge in [-0.1, -0.05) is 0 Å². The summed E-state index contributed by atoms with van der Waals surface area (Å²) in [6, 6.07) is 5.44. The first-order chi connectivity index (χ1) is 21.3. The van der Waals surface area contributed by atoms with Crippen molar-refractivity contribution < 1.29 is 55.0 Å². The summed E-state index contributed by atoms with van der Waals surface area (Å²) in [7, 11) is 10.4. The molecule has 2 N–H and O–H groups in total. The summed E-state index contributed by atoms with van der Waals surface area (Å²) in [5.41, 5.74) is -1.54. The highest BCUT2D eigenvalue weighted by atomic mass is 19.4. The van der Waals surface area contributed by atoms with Crippen molar-refractivity contribution in [3.8, 4) is 0 Å². The van der Waals surface area contributed by atoms with E-state index in [2.05, 4.69) is 10.6 Å². The fraction of sp³-hybridized carbons (Fsp3) is 0.400. The highest BCUT2D eigenvalue weighted by molar-refractivity contribution is 6.18. The SMILES string of the molecule is CN(C)/C=C1/CC(=O)Nc2cc(C(F)(F)F)ccc2C1=O.COC(OC)N(C)C.O=C1CCC(=O)c2ccc(C(F)(F)F)cc2N1. The molecule has 0 saturated heterocycles. The zero-order chi connectivity index (χ0) is 35.0. The van der Waals surface area contributed by atoms with Gasteiger partial charge < -0.3 is 25.0 Å². The fourth-order valence-corrected chi connectivity index (χ4v) is 4.22. The molecule has 252 valence electrons. The Morgan fingerprint density at radius 1 is 0.739 bits per heavy atom. The van der Waals surface area contributed by atoms with Gasteiger partial charge >= 0.3 is 12.4 Å². The summed E-state index contributed by atoms with van der Waals surface area (Å²) in [6.07, 6.45) is -7.90. The number of hydrogen-bond donors (Lipinski definition) is 2. The average Bonchev–Trinajstić information content (AvgIpc) is 3.16. The molecule has 4 rings (SSSR count). The van der Waals surface area contributed by atoms with E-state index in [1.165, 1.54) is 6.20 Å². The average molecular weight is 661 g/mol. The summed E-state index contributed by atoms with van der Waals surface area (Å²) in [5.74, 6) is -1.75. The molecule has 2 heterocycles. The van der Waals surface area contributed by atoms with Crippen LogP contribution in [0.25, 0.3) is 0 Å². The maximum absolute atomic E-state index is 12.7. The molecule has 0 radical (unpaired) electrons. The predicted molar refractivity (Wildman–Crippen MR) is 156 cm³/mol. The highest BCUT2D eigenvalue weighted by Crippen LogP contribution is 2.35. The maximum atomic E-state index is 12.7. The molecule has 0 bridgehead atoms. The third kappa shape index (κ3) is 10.7. The standard InChI is InChI=1S/C14H13F3N2O2.C11H8F3NO2.C5H13NO2/c1-19(2)7-8-5-12(20)18-11-6-9(14(15,16)17)3-4-10(11)13(8)21;12-11(13,14)6-1-2-7-8(5-6)15-10(17)4-3-9(7)16;1-6(2)5(7-3)8-4/h3-4,6-7H,5H2,1-2H3,(H,18,20);1-2,5H,3-4H2,(H,15,17);5H,1-4H3/b8-7-;;. The van der Waals surface area contributed by atoms with Crippen LogP contribution in [0.4, 0.5) is 37.7 Å². The minimum absolute atomic E-state index is 0.00509. The molecule has 0 spiro atoms. The maximum Gasteiger partial charge on any atom is 0.416 e. The Kier molecular flexibility index (Phi) is 13.0. The molecule has 2 aliphatic rings. The van der Waals surface area contributed by atoms with Crippen LogP contribution in [-0.2, 0) is 31.4 Å². The van der Waals surface area contributed by atoms with Gasteiger partial charge in [-0.2, -0.15) is 26.3 Å². The van der Waals surface area contributed by atoms with Crippen LogP contribution >= 0.6 is 0 Å². The Balaban J connectivity index is 0.000000264. The number of rotatable bonds is 4. The van der Waals surface area contributed by atoms with Gasteiger partial charge in [-0.25, -0.2) is 0 Å². The zero-order valence-electron chi connectivity index (χ0n) is 25.9. The van der Waals surface area contributed by atoms with E-state index < -0.39 is 41.1 Å². The fourth-order valence-electron chi connectivity index (χ4n) is 4.22. The van der Waals surface area contributed by atoms with Crippen molar-refractivity contribution in [2.24, 2.45) is 0 Å². The molecular formula is C30H34F6N4O6. The van der Waals surface area contributed by atoms with Crippen LogP contribution in [0.5, 0.6) is 0 Å². The molecule has 2 amide bonds. The Hall–Kier alpha value is -4.28. The van der Waals surface area contributed by atoms with E-state index in [0.29, 0.717) is 0 Å². The second kappa shape index (κ2) is 15.8. The summed E-state index contributed by atoms with van der Waals surface area (Å²) in [6.45, 7) is 0. The lowest BCUT2D eigenvalue weighted by molar-refractivity contribution is -0.179. The number of carbonyl (C=O) groups is 4. The topological polar surface area (TPSA) is 117 Å². The second-order valence-corrected chi connectivity index (χ2v) is 10.4. The smallest absolute Gasteiger partial charge is 0.383 e. The van der Waals surface area contributed by atoms with Gasteiger partial charge in [0.2, 0.25) is 18.2 Å². The molecule has 46 heavy (non-hydrogen) atoms. The number of benzene rings is 2. The number of nitrogens with zero attached hydrogens (tertiary/aromatic N) is 2. The number of halogens is 6. The molecule has 2 aromatic rings. The molecule has 0 atom stereocenters. The van der Waals surface area contributed by atoms with E-state index in [1.807, 2.05) is 19.0 Å². The molecule has 10 nitrogen and oxygen atoms in total. The predicted octanol–water partition coefficient (Wildman–Crippen LogP) is 5.42. The van der Waals surface area contributed by atoms with E-state index in [9.17, 15) is 45.5 Å². The summed E-state index contributed by atoms with van der Waals surface area (Å²) in [5, 5.41) is 4.65. The number of ketones is 2. The molecule has 2 aliphatic heterocycles. The van der Waals surface area contributed by atoms with E-state index in [4.69, 9.17) is 9.47 Å². The quantitative estimate of drug-likeness (QED) is 0.254. The third-order valence-corrected chi connectivity index (χ3v) is 6.25. The van der Waals surface area contributed by atoms with Crippen molar-refractivity contribution in [1.29, 1.82) is 0 Å². The molecule has 16 heteroatoms. The van der Waals surface area contributed by atoms with Crippen LogP contribution in [0.15, 0.2) is 48.2 Å². The van der Waals surface area contributed by atoms with Crippen molar-refractivity contribution in [3.05, 3.63) is 70.4 Å². The normalized spacial score (nSPS) is 15.8. The summed E-state index contributed by atoms with van der Waals surface area (Å²) in [4.78, 5) is 50.2. The van der Waals surface area contributed by atoms with Crippen LogP contribution in [0.2, 0.25) is 0 Å². The number of anilines is 2. The summed E-state index contributed by atoms with van der Waals surface area (Å²) < 4.78 is 85.2. The number of amides is 2. The lowest BCUT2D eigenvalue weighted by Crippen LogP contribution is -2.30. The van der Waals surface area contributed by atoms with Crippen LogP contribution < -0.4 is 10.6 Å². The Bertz CT molecular complexity index is 1470. The van der Waals surface area contributed by atoms with E-state index >= 15 is 0 Å². The van der Waals surface area contributed by atoms with Gasteiger partial charge in [0.05, 0.1) is 28.9 Å². The van der Waals surface area contributed by atoms with Gasteiger partial charge in [0, 0.05) is 64.1 Å². The van der Waals surface area contributed by atoms with Crippen LogP contribution in [0.3, 0.4) is 0 Å². The van der Waals surface area contributed by atoms with Gasteiger partial charge in [0.1, 0.15) is 0 Å². The zero-order valence-corrected chi connectivity index (χ0v) is 25.9. The van der Waals surface area contributed by atoms with Gasteiger partial charge in [0.25, 0.3) is 0 Å². The van der Waals surface area contributed by atoms with Crippen molar-refractivity contribution in [3.63, 3.8) is 0 Å². The molecule has 0 fully saturated rings. The largest absolute Gasteiger partial charge is 0.416 e. The minimum Gasteiger partial charge on any atom is -0.383 e. The number of alkyl halides is 6. The highest BCUT2D eigenvalue weighted by Gasteiger charge is 2.34. The third-order valence-electron chi connectivity index (χ3n) is 6.25. The number of fused-ring (bicyclic) bond motifs is 2. The number of Topliss-reactive ketones (excluding diaryl/α,β-unsaturated/α-hetero) is 2. The summed E-state index contributed by atoms with van der Waals surface area (Å²) >= 11 is 0. The van der Waals surface area contributed by atoms with Crippen molar-refractivity contribution in [2.75, 3.05) is 53.0 Å². The van der Waals surface area contributed by atoms with Crippen molar-refractivity contribution in [1.82, 2.24) is 9.80 Å². The van der Waals surface area contributed by atoms with Crippen LogP contribution in [-0.4, -0.2) is 82.0 Å². The number of nitrogens with one attached hydrogen (secondary N) is 2. The Labute approximate surface area is 261 Å². The Morgan fingerprint density at radius 3 is 1.65 bits per heavy atom. The van der Waals surface area contributed by atoms with Gasteiger partial charge in [0.15, 0.2) is 11.6 Å². The monoisotopic (exact) mass is 660 g/mol. The minimum atomic E-state index is -4.53. The van der Waals surface area contributed by atoms with Gasteiger partial charge in [-0.15, -0.1) is 0 Å². The number of methoxy groups -OCH3 is 2. The van der Waals surface area contributed by atoms with Gasteiger partial charge in [-0.3, -0.25) is 24.1 Å². The lowest BCUT2D eigenvalue weighted by atomic mass is 10.00. The lowest BCUT2D eigenvalue weighted by Gasteiger charge is -2.19. The van der Waals surface area contributed by atoms with E-state index in [1.54, 1.807) is 33.2 Å². The second-order valence-electron chi connectivity index (χ2n) is 10.4. The van der Waals surface area contributed by atoms with Crippen molar-refractivity contribution in [2.45, 2.75) is 38.0 Å². The first-order valence-corrected chi connectivity index (χ1v) is 13.5. The molecule has 0 saturated carbocycles. The number of carbonyl (C=O) groups excluding carboxylic acids is 4. The van der Waals surface area contributed by atoms with Gasteiger partial charge in [-0.05, 0) is 50.5 Å².